The maximum absolute atomic E-state index is 11.8. The number of ether oxygens (including phenoxy) is 1. The van der Waals surface area contributed by atoms with E-state index < -0.39 is 9.84 Å². The molecule has 1 unspecified atom stereocenters. The van der Waals surface area contributed by atoms with Gasteiger partial charge in [-0.3, -0.25) is 4.90 Å². The van der Waals surface area contributed by atoms with Gasteiger partial charge in [0.25, 0.3) is 0 Å². The van der Waals surface area contributed by atoms with E-state index in [1.165, 1.54) is 0 Å². The van der Waals surface area contributed by atoms with Crippen molar-refractivity contribution in [3.63, 3.8) is 0 Å². The normalized spacial score (nSPS) is 21.2. The van der Waals surface area contributed by atoms with Crippen molar-refractivity contribution < 1.29 is 13.2 Å². The molecule has 0 aromatic heterocycles. The number of hydrogen-bond acceptors (Lipinski definition) is 5. The number of rotatable bonds is 6. The maximum atomic E-state index is 11.8. The molecular formula is C16H26N2O3S. The van der Waals surface area contributed by atoms with Crippen LogP contribution in [0.25, 0.3) is 0 Å². The van der Waals surface area contributed by atoms with Crippen molar-refractivity contribution in [2.24, 2.45) is 5.73 Å². The zero-order valence-electron chi connectivity index (χ0n) is 13.6. The van der Waals surface area contributed by atoms with E-state index in [-0.39, 0.29) is 23.1 Å². The van der Waals surface area contributed by atoms with E-state index in [2.05, 4.69) is 4.90 Å². The minimum atomic E-state index is -2.90. The second kappa shape index (κ2) is 6.56. The maximum Gasteiger partial charge on any atom is 0.151 e. The summed E-state index contributed by atoms with van der Waals surface area (Å²) < 4.78 is 28.7. The zero-order chi connectivity index (χ0) is 16.4. The second-order valence-electron chi connectivity index (χ2n) is 6.80. The Morgan fingerprint density at radius 2 is 1.95 bits per heavy atom. The summed E-state index contributed by atoms with van der Waals surface area (Å²) in [6.07, 6.45) is 0.689. The number of methoxy groups -OCH3 is 1. The minimum absolute atomic E-state index is 0.0509. The van der Waals surface area contributed by atoms with Crippen LogP contribution in [0.15, 0.2) is 24.3 Å². The van der Waals surface area contributed by atoms with Gasteiger partial charge < -0.3 is 10.5 Å². The molecule has 22 heavy (non-hydrogen) atoms. The molecular weight excluding hydrogens is 300 g/mol. The molecule has 1 fully saturated rings. The Labute approximate surface area is 133 Å². The molecule has 0 bridgehead atoms. The van der Waals surface area contributed by atoms with Crippen LogP contribution in [0.1, 0.15) is 25.8 Å². The third kappa shape index (κ3) is 4.97. The van der Waals surface area contributed by atoms with Crippen LogP contribution in [-0.2, 0) is 16.4 Å². The largest absolute Gasteiger partial charge is 0.497 e. The van der Waals surface area contributed by atoms with E-state index in [0.29, 0.717) is 19.5 Å². The van der Waals surface area contributed by atoms with Crippen LogP contribution in [0.5, 0.6) is 5.75 Å². The van der Waals surface area contributed by atoms with Crippen molar-refractivity contribution in [1.29, 1.82) is 0 Å². The predicted molar refractivity (Wildman–Crippen MR) is 88.7 cm³/mol. The topological polar surface area (TPSA) is 72.6 Å². The first-order chi connectivity index (χ1) is 10.2. The van der Waals surface area contributed by atoms with E-state index >= 15 is 0 Å². The van der Waals surface area contributed by atoms with E-state index in [0.717, 1.165) is 11.3 Å². The fraction of sp³-hybridized carbons (Fsp3) is 0.625. The van der Waals surface area contributed by atoms with Crippen molar-refractivity contribution in [2.45, 2.75) is 38.4 Å². The lowest BCUT2D eigenvalue weighted by atomic mass is 10.0. The molecule has 1 aromatic rings. The summed E-state index contributed by atoms with van der Waals surface area (Å²) in [4.78, 5) is 2.20. The van der Waals surface area contributed by atoms with Crippen LogP contribution in [0, 0.1) is 0 Å². The van der Waals surface area contributed by atoms with Gasteiger partial charge in [-0.15, -0.1) is 0 Å². The van der Waals surface area contributed by atoms with Crippen LogP contribution in [-0.4, -0.2) is 50.1 Å². The van der Waals surface area contributed by atoms with Crippen molar-refractivity contribution in [3.05, 3.63) is 29.8 Å². The third-order valence-corrected chi connectivity index (χ3v) is 5.63. The standard InChI is InChI=1S/C16H26N2O3S/c1-16(2,17)12-18(14-8-9-22(19,20)11-14)10-13-4-6-15(21-3)7-5-13/h4-7,14H,8-12,17H2,1-3H3. The van der Waals surface area contributed by atoms with Crippen molar-refractivity contribution >= 4 is 9.84 Å². The Bertz CT molecular complexity index is 591. The minimum Gasteiger partial charge on any atom is -0.497 e. The van der Waals surface area contributed by atoms with Gasteiger partial charge in [0.2, 0.25) is 0 Å². The first-order valence-corrected chi connectivity index (χ1v) is 9.37. The zero-order valence-corrected chi connectivity index (χ0v) is 14.4. The summed E-state index contributed by atoms with van der Waals surface area (Å²) >= 11 is 0. The fourth-order valence-electron chi connectivity index (χ4n) is 2.87. The molecule has 0 saturated carbocycles. The monoisotopic (exact) mass is 326 g/mol. The molecule has 1 aliphatic heterocycles. The Morgan fingerprint density at radius 3 is 2.41 bits per heavy atom. The van der Waals surface area contributed by atoms with Crippen molar-refractivity contribution in [2.75, 3.05) is 25.2 Å². The number of sulfone groups is 1. The van der Waals surface area contributed by atoms with Crippen LogP contribution >= 0.6 is 0 Å². The quantitative estimate of drug-likeness (QED) is 0.856. The van der Waals surface area contributed by atoms with Crippen LogP contribution in [0.2, 0.25) is 0 Å². The smallest absolute Gasteiger partial charge is 0.151 e. The van der Waals surface area contributed by atoms with Gasteiger partial charge in [-0.1, -0.05) is 12.1 Å². The van der Waals surface area contributed by atoms with Gasteiger partial charge in [-0.05, 0) is 38.0 Å². The molecule has 1 saturated heterocycles. The highest BCUT2D eigenvalue weighted by Gasteiger charge is 2.33. The number of hydrogen-bond donors (Lipinski definition) is 1. The lowest BCUT2D eigenvalue weighted by Gasteiger charge is -2.34. The van der Waals surface area contributed by atoms with Gasteiger partial charge in [-0.25, -0.2) is 8.42 Å². The highest BCUT2D eigenvalue weighted by molar-refractivity contribution is 7.91. The van der Waals surface area contributed by atoms with Gasteiger partial charge in [0.1, 0.15) is 5.75 Å². The molecule has 6 heteroatoms. The highest BCUT2D eigenvalue weighted by atomic mass is 32.2. The van der Waals surface area contributed by atoms with Gasteiger partial charge in [0.05, 0.1) is 18.6 Å². The van der Waals surface area contributed by atoms with Gasteiger partial charge >= 0.3 is 0 Å². The molecule has 1 heterocycles. The fourth-order valence-corrected chi connectivity index (χ4v) is 4.63. The van der Waals surface area contributed by atoms with Crippen LogP contribution in [0.4, 0.5) is 0 Å². The molecule has 2 rings (SSSR count). The van der Waals surface area contributed by atoms with Crippen molar-refractivity contribution in [3.8, 4) is 5.75 Å². The van der Waals surface area contributed by atoms with Gasteiger partial charge in [0, 0.05) is 24.7 Å². The molecule has 1 aromatic carbocycles. The molecule has 0 amide bonds. The lowest BCUT2D eigenvalue weighted by molar-refractivity contribution is 0.167. The first-order valence-electron chi connectivity index (χ1n) is 7.55. The van der Waals surface area contributed by atoms with E-state index in [1.54, 1.807) is 7.11 Å². The summed E-state index contributed by atoms with van der Waals surface area (Å²) in [5.74, 6) is 1.33. The van der Waals surface area contributed by atoms with Crippen molar-refractivity contribution in [1.82, 2.24) is 4.90 Å². The Kier molecular flexibility index (Phi) is 5.14. The third-order valence-electron chi connectivity index (χ3n) is 3.88. The molecule has 0 radical (unpaired) electrons. The van der Waals surface area contributed by atoms with Crippen LogP contribution < -0.4 is 10.5 Å². The molecule has 2 N–H and O–H groups in total. The lowest BCUT2D eigenvalue weighted by Crippen LogP contribution is -2.49. The number of nitrogens with two attached hydrogens (primary N) is 1. The Balaban J connectivity index is 2.13. The SMILES string of the molecule is COc1ccc(CN(CC(C)(C)N)C2CCS(=O)(=O)C2)cc1. The number of benzene rings is 1. The molecule has 1 aliphatic rings. The number of nitrogens with zero attached hydrogens (tertiary/aromatic N) is 1. The predicted octanol–water partition coefficient (Wildman–Crippen LogP) is 1.42. The second-order valence-corrected chi connectivity index (χ2v) is 9.03. The molecule has 5 nitrogen and oxygen atoms in total. The van der Waals surface area contributed by atoms with E-state index in [9.17, 15) is 8.42 Å². The van der Waals surface area contributed by atoms with E-state index in [4.69, 9.17) is 10.5 Å². The highest BCUT2D eigenvalue weighted by Crippen LogP contribution is 2.22. The molecule has 0 aliphatic carbocycles. The average molecular weight is 326 g/mol. The molecule has 124 valence electrons. The van der Waals surface area contributed by atoms with Gasteiger partial charge in [0.15, 0.2) is 9.84 Å². The summed E-state index contributed by atoms with van der Waals surface area (Å²) in [5.41, 5.74) is 6.93. The summed E-state index contributed by atoms with van der Waals surface area (Å²) in [7, 11) is -1.26. The summed E-state index contributed by atoms with van der Waals surface area (Å²) in [6, 6.07) is 7.92. The van der Waals surface area contributed by atoms with Crippen LogP contribution in [0.3, 0.4) is 0 Å². The first kappa shape index (κ1) is 17.2. The Morgan fingerprint density at radius 1 is 1.32 bits per heavy atom. The van der Waals surface area contributed by atoms with E-state index in [1.807, 2.05) is 38.1 Å². The average Bonchev–Trinajstić information content (AvgIpc) is 2.78. The Hall–Kier alpha value is -1.11. The molecule has 1 atom stereocenters. The van der Waals surface area contributed by atoms with Gasteiger partial charge in [-0.2, -0.15) is 0 Å². The summed E-state index contributed by atoms with van der Waals surface area (Å²) in [6.45, 7) is 5.30. The summed E-state index contributed by atoms with van der Waals surface area (Å²) in [5, 5.41) is 0. The molecule has 0 spiro atoms.